The summed E-state index contributed by atoms with van der Waals surface area (Å²) < 4.78 is 51.9. The number of nitrogens with zero attached hydrogens (tertiary/aromatic N) is 3. The Morgan fingerprint density at radius 1 is 1.00 bits per heavy atom. The van der Waals surface area contributed by atoms with Gasteiger partial charge in [0.25, 0.3) is 10.0 Å². The summed E-state index contributed by atoms with van der Waals surface area (Å²) in [6, 6.07) is 8.73. The van der Waals surface area contributed by atoms with Crippen molar-refractivity contribution in [2.45, 2.75) is 44.0 Å². The van der Waals surface area contributed by atoms with Gasteiger partial charge >= 0.3 is 0 Å². The summed E-state index contributed by atoms with van der Waals surface area (Å²) in [6.07, 6.45) is 2.32. The number of aromatic amines is 1. The van der Waals surface area contributed by atoms with Crippen molar-refractivity contribution < 1.29 is 27.2 Å². The van der Waals surface area contributed by atoms with Crippen LogP contribution in [-0.2, 0) is 16.6 Å². The Labute approximate surface area is 233 Å². The molecule has 0 saturated heterocycles. The average molecular weight is 571 g/mol. The van der Waals surface area contributed by atoms with Crippen molar-refractivity contribution in [2.24, 2.45) is 0 Å². The first kappa shape index (κ1) is 27.6. The van der Waals surface area contributed by atoms with Crippen molar-refractivity contribution >= 4 is 38.3 Å². The Kier molecular flexibility index (Phi) is 7.76. The lowest BCUT2D eigenvalue weighted by Gasteiger charge is -2.20. The number of H-pyrrole nitrogens is 1. The topological polar surface area (TPSA) is 144 Å². The molecule has 5 rings (SSSR count). The zero-order chi connectivity index (χ0) is 28.4. The van der Waals surface area contributed by atoms with Crippen molar-refractivity contribution in [2.75, 3.05) is 44.5 Å². The van der Waals surface area contributed by atoms with E-state index in [1.807, 2.05) is 6.07 Å². The third-order valence-electron chi connectivity index (χ3n) is 6.99. The molecule has 3 N–H and O–H groups in total. The monoisotopic (exact) mass is 570 g/mol. The van der Waals surface area contributed by atoms with Crippen LogP contribution in [0.4, 0.5) is 17.3 Å². The number of benzene rings is 2. The molecule has 0 amide bonds. The van der Waals surface area contributed by atoms with Gasteiger partial charge in [0.15, 0.2) is 22.1 Å². The van der Waals surface area contributed by atoms with E-state index < -0.39 is 10.0 Å². The number of fused-ring (bicyclic) bond motifs is 1. The highest BCUT2D eigenvalue weighted by Gasteiger charge is 2.29. The van der Waals surface area contributed by atoms with Gasteiger partial charge in [0.05, 0.1) is 32.4 Å². The van der Waals surface area contributed by atoms with Gasteiger partial charge < -0.3 is 24.1 Å². The van der Waals surface area contributed by atoms with Gasteiger partial charge in [0.2, 0.25) is 0 Å². The minimum atomic E-state index is -4.20. The molecule has 0 unspecified atom stereocenters. The number of nitrogens with one attached hydrogen (secondary N) is 3. The fraction of sp³-hybridized carbons (Fsp3) is 0.407. The molecule has 1 saturated carbocycles. The molecule has 214 valence electrons. The maximum Gasteiger partial charge on any atom is 0.270 e. The van der Waals surface area contributed by atoms with E-state index in [1.54, 1.807) is 24.3 Å². The van der Waals surface area contributed by atoms with Gasteiger partial charge in [-0.3, -0.25) is 14.7 Å². The molecule has 2 aromatic carbocycles. The molecule has 4 aromatic rings. The predicted molar refractivity (Wildman–Crippen MR) is 151 cm³/mol. The van der Waals surface area contributed by atoms with E-state index in [9.17, 15) is 8.42 Å². The highest BCUT2D eigenvalue weighted by Crippen LogP contribution is 2.41. The summed E-state index contributed by atoms with van der Waals surface area (Å²) in [4.78, 5) is 2.07. The van der Waals surface area contributed by atoms with Crippen LogP contribution in [0.1, 0.15) is 43.9 Å². The van der Waals surface area contributed by atoms with Crippen LogP contribution >= 0.6 is 0 Å². The molecule has 2 heterocycles. The van der Waals surface area contributed by atoms with Crippen molar-refractivity contribution in [1.29, 1.82) is 0 Å². The Bertz CT molecular complexity index is 1580. The van der Waals surface area contributed by atoms with E-state index >= 15 is 0 Å². The van der Waals surface area contributed by atoms with E-state index in [4.69, 9.17) is 18.7 Å². The minimum Gasteiger partial charge on any atom is -0.495 e. The van der Waals surface area contributed by atoms with Crippen molar-refractivity contribution in [3.63, 3.8) is 0 Å². The highest BCUT2D eigenvalue weighted by molar-refractivity contribution is 7.93. The Morgan fingerprint density at radius 3 is 2.27 bits per heavy atom. The first-order valence-corrected chi connectivity index (χ1v) is 14.6. The molecule has 40 heavy (non-hydrogen) atoms. The summed E-state index contributed by atoms with van der Waals surface area (Å²) in [5.74, 6) is 1.97. The molecule has 1 fully saturated rings. The number of hydrogen-bond donors (Lipinski definition) is 3. The normalized spacial score (nSPS) is 13.6. The standard InChI is InChI=1S/C27H34N6O6S/c1-6-33(7-2)15-16-10-23(37-4)26(24(11-16)38-5)40(34,35)32-27-18-12-22(36-3)20(13-21(18)39-31-27)28-25-14-19(29-30-25)17-8-9-17/h10-14,17H,6-9,15H2,1-5H3,(H,31,32)(H2,28,29,30). The molecule has 1 aliphatic rings. The Morgan fingerprint density at radius 2 is 1.68 bits per heavy atom. The van der Waals surface area contributed by atoms with E-state index in [0.29, 0.717) is 40.7 Å². The summed E-state index contributed by atoms with van der Waals surface area (Å²) in [5, 5.41) is 15.0. The number of sulfonamides is 1. The van der Waals surface area contributed by atoms with Crippen molar-refractivity contribution in [3.8, 4) is 17.2 Å². The first-order valence-electron chi connectivity index (χ1n) is 13.1. The lowest BCUT2D eigenvalue weighted by Crippen LogP contribution is -2.22. The second-order valence-corrected chi connectivity index (χ2v) is 11.2. The number of hydrogen-bond acceptors (Lipinski definition) is 10. The van der Waals surface area contributed by atoms with Crippen LogP contribution in [0.5, 0.6) is 17.2 Å². The van der Waals surface area contributed by atoms with Crippen LogP contribution in [0.2, 0.25) is 0 Å². The van der Waals surface area contributed by atoms with Crippen LogP contribution in [-0.4, -0.2) is 63.1 Å². The largest absolute Gasteiger partial charge is 0.495 e. The smallest absolute Gasteiger partial charge is 0.270 e. The van der Waals surface area contributed by atoms with E-state index in [0.717, 1.165) is 37.2 Å². The first-order chi connectivity index (χ1) is 19.3. The van der Waals surface area contributed by atoms with Gasteiger partial charge in [0.1, 0.15) is 17.2 Å². The molecule has 0 bridgehead atoms. The molecular formula is C27H34N6O6S. The van der Waals surface area contributed by atoms with Gasteiger partial charge in [0, 0.05) is 30.3 Å². The maximum atomic E-state index is 13.7. The van der Waals surface area contributed by atoms with Crippen molar-refractivity contribution in [1.82, 2.24) is 20.3 Å². The van der Waals surface area contributed by atoms with Gasteiger partial charge in [-0.15, -0.1) is 0 Å². The second kappa shape index (κ2) is 11.3. The number of rotatable bonds is 13. The zero-order valence-electron chi connectivity index (χ0n) is 23.2. The Hall–Kier alpha value is -3.97. The molecule has 13 heteroatoms. The molecule has 1 aliphatic carbocycles. The van der Waals surface area contributed by atoms with Crippen molar-refractivity contribution in [3.05, 3.63) is 41.6 Å². The SMILES string of the molecule is CCN(CC)Cc1cc(OC)c(S(=O)(=O)Nc2noc3cc(Nc4cc(C5CC5)[nH]n4)c(OC)cc23)c(OC)c1. The third kappa shape index (κ3) is 5.52. The lowest BCUT2D eigenvalue weighted by atomic mass is 10.2. The highest BCUT2D eigenvalue weighted by atomic mass is 32.2. The molecule has 12 nitrogen and oxygen atoms in total. The van der Waals surface area contributed by atoms with E-state index in [1.165, 1.54) is 21.3 Å². The van der Waals surface area contributed by atoms with Crippen LogP contribution < -0.4 is 24.2 Å². The summed E-state index contributed by atoms with van der Waals surface area (Å²) in [6.45, 7) is 6.47. The van der Waals surface area contributed by atoms with Crippen LogP contribution in [0.25, 0.3) is 11.0 Å². The molecular weight excluding hydrogens is 536 g/mol. The molecule has 0 radical (unpaired) electrons. The summed E-state index contributed by atoms with van der Waals surface area (Å²) in [5.41, 5.74) is 2.91. The molecule has 0 aliphatic heterocycles. The van der Waals surface area contributed by atoms with Gasteiger partial charge in [-0.25, -0.2) is 8.42 Å². The summed E-state index contributed by atoms with van der Waals surface area (Å²) in [7, 11) is 0.173. The quantitative estimate of drug-likeness (QED) is 0.204. The zero-order valence-corrected chi connectivity index (χ0v) is 24.0. The number of ether oxygens (including phenoxy) is 3. The maximum absolute atomic E-state index is 13.7. The van der Waals surface area contributed by atoms with Gasteiger partial charge in [-0.05, 0) is 49.7 Å². The third-order valence-corrected chi connectivity index (χ3v) is 8.39. The minimum absolute atomic E-state index is 0.00645. The van der Waals surface area contributed by atoms with Gasteiger partial charge in [-0.2, -0.15) is 5.10 Å². The van der Waals surface area contributed by atoms with E-state index in [2.05, 4.69) is 44.1 Å². The fourth-order valence-electron chi connectivity index (χ4n) is 4.62. The Balaban J connectivity index is 1.45. The number of methoxy groups -OCH3 is 3. The number of aromatic nitrogens is 3. The van der Waals surface area contributed by atoms with Crippen LogP contribution in [0.3, 0.4) is 0 Å². The second-order valence-electron chi connectivity index (χ2n) is 9.58. The predicted octanol–water partition coefficient (Wildman–Crippen LogP) is 4.84. The summed E-state index contributed by atoms with van der Waals surface area (Å²) >= 11 is 0. The van der Waals surface area contributed by atoms with Gasteiger partial charge in [-0.1, -0.05) is 19.0 Å². The molecule has 0 spiro atoms. The van der Waals surface area contributed by atoms with Crippen LogP contribution in [0, 0.1) is 0 Å². The lowest BCUT2D eigenvalue weighted by molar-refractivity contribution is 0.293. The molecule has 2 aromatic heterocycles. The fourth-order valence-corrected chi connectivity index (χ4v) is 5.94. The van der Waals surface area contributed by atoms with Crippen LogP contribution in [0.15, 0.2) is 39.8 Å². The molecule has 0 atom stereocenters. The average Bonchev–Trinajstić information content (AvgIpc) is 3.59. The van der Waals surface area contributed by atoms with E-state index in [-0.39, 0.29) is 22.2 Å². The number of anilines is 3.